The summed E-state index contributed by atoms with van der Waals surface area (Å²) in [6, 6.07) is 10.6. The molecule has 0 bridgehead atoms. The maximum atomic E-state index is 13.9. The summed E-state index contributed by atoms with van der Waals surface area (Å²) in [5.74, 6) is -3.67. The van der Waals surface area contributed by atoms with Crippen molar-refractivity contribution in [2.45, 2.75) is 6.18 Å². The molecule has 4 rings (SSSR count). The Morgan fingerprint density at radius 2 is 1.70 bits per heavy atom. The van der Waals surface area contributed by atoms with Gasteiger partial charge in [-0.2, -0.15) is 17.7 Å². The van der Waals surface area contributed by atoms with Gasteiger partial charge in [-0.1, -0.05) is 12.1 Å². The van der Waals surface area contributed by atoms with Gasteiger partial charge in [0.1, 0.15) is 11.5 Å². The zero-order valence-electron chi connectivity index (χ0n) is 15.1. The lowest BCUT2D eigenvalue weighted by Crippen LogP contribution is -2.12. The van der Waals surface area contributed by atoms with E-state index in [0.717, 1.165) is 12.1 Å². The number of aromatic nitrogens is 4. The summed E-state index contributed by atoms with van der Waals surface area (Å²) < 4.78 is 78.0. The highest BCUT2D eigenvalue weighted by Gasteiger charge is 2.37. The molecule has 0 fully saturated rings. The van der Waals surface area contributed by atoms with Crippen LogP contribution in [0.4, 0.5) is 22.0 Å². The highest BCUT2D eigenvalue weighted by molar-refractivity contribution is 5.72. The van der Waals surface area contributed by atoms with Crippen molar-refractivity contribution in [2.24, 2.45) is 0 Å². The van der Waals surface area contributed by atoms with E-state index >= 15 is 0 Å². The van der Waals surface area contributed by atoms with Crippen LogP contribution in [0.5, 0.6) is 17.4 Å². The highest BCUT2D eigenvalue weighted by Crippen LogP contribution is 2.36. The molecule has 0 saturated carbocycles. The molecule has 0 N–H and O–H groups in total. The Balaban J connectivity index is 1.80. The summed E-state index contributed by atoms with van der Waals surface area (Å²) in [5.41, 5.74) is 0.423. The van der Waals surface area contributed by atoms with Crippen molar-refractivity contribution in [3.8, 4) is 28.5 Å². The van der Waals surface area contributed by atoms with Crippen molar-refractivity contribution in [2.75, 3.05) is 7.11 Å². The number of nitrogens with zero attached hydrogens (tertiary/aromatic N) is 4. The molecule has 2 aromatic carbocycles. The molecule has 0 aliphatic heterocycles. The third-order valence-electron chi connectivity index (χ3n) is 4.11. The number of fused-ring (bicyclic) bond motifs is 1. The summed E-state index contributed by atoms with van der Waals surface area (Å²) in [5, 5.41) is 10.2. The van der Waals surface area contributed by atoms with Crippen LogP contribution in [0.1, 0.15) is 5.82 Å². The highest BCUT2D eigenvalue weighted by atomic mass is 19.4. The lowest BCUT2D eigenvalue weighted by Gasteiger charge is -2.13. The van der Waals surface area contributed by atoms with Crippen LogP contribution >= 0.6 is 0 Å². The van der Waals surface area contributed by atoms with Crippen molar-refractivity contribution in [1.82, 2.24) is 19.8 Å². The number of hydrogen-bond acceptors (Lipinski definition) is 5. The lowest BCUT2D eigenvalue weighted by atomic mass is 10.0. The first kappa shape index (κ1) is 19.6. The van der Waals surface area contributed by atoms with Crippen molar-refractivity contribution < 1.29 is 31.4 Å². The van der Waals surface area contributed by atoms with Crippen LogP contribution in [-0.4, -0.2) is 26.9 Å². The van der Waals surface area contributed by atoms with Crippen LogP contribution in [0.3, 0.4) is 0 Å². The smallest absolute Gasteiger partial charge is 0.453 e. The normalized spacial score (nSPS) is 11.7. The van der Waals surface area contributed by atoms with Crippen LogP contribution in [-0.2, 0) is 6.18 Å². The van der Waals surface area contributed by atoms with E-state index in [2.05, 4.69) is 15.3 Å². The van der Waals surface area contributed by atoms with E-state index in [1.165, 1.54) is 19.2 Å². The quantitative estimate of drug-likeness (QED) is 0.439. The Morgan fingerprint density at radius 1 is 0.933 bits per heavy atom. The van der Waals surface area contributed by atoms with Gasteiger partial charge < -0.3 is 9.47 Å². The van der Waals surface area contributed by atoms with Crippen molar-refractivity contribution in [3.63, 3.8) is 0 Å². The first-order valence-corrected chi connectivity index (χ1v) is 8.37. The first-order valence-electron chi connectivity index (χ1n) is 8.37. The minimum absolute atomic E-state index is 0.148. The van der Waals surface area contributed by atoms with Crippen LogP contribution in [0.15, 0.2) is 48.5 Å². The predicted octanol–water partition coefficient (Wildman–Crippen LogP) is 4.89. The average Bonchev–Trinajstić information content (AvgIpc) is 3.14. The second kappa shape index (κ2) is 7.25. The number of benzene rings is 2. The summed E-state index contributed by atoms with van der Waals surface area (Å²) in [6.45, 7) is 0. The molecule has 2 heterocycles. The fourth-order valence-corrected chi connectivity index (χ4v) is 2.75. The molecule has 0 aliphatic rings. The second-order valence-corrected chi connectivity index (χ2v) is 6.06. The topological polar surface area (TPSA) is 61.5 Å². The van der Waals surface area contributed by atoms with Gasteiger partial charge in [0.25, 0.3) is 5.82 Å². The maximum Gasteiger partial charge on any atom is 0.453 e. The molecular formula is C19H11F5N4O2. The number of alkyl halides is 3. The zero-order valence-corrected chi connectivity index (χ0v) is 15.1. The molecule has 30 heavy (non-hydrogen) atoms. The van der Waals surface area contributed by atoms with Gasteiger partial charge in [0, 0.05) is 17.7 Å². The number of halogens is 5. The van der Waals surface area contributed by atoms with E-state index in [9.17, 15) is 22.0 Å². The van der Waals surface area contributed by atoms with Gasteiger partial charge in [-0.3, -0.25) is 0 Å². The van der Waals surface area contributed by atoms with E-state index in [4.69, 9.17) is 9.47 Å². The third-order valence-corrected chi connectivity index (χ3v) is 4.11. The SMILES string of the molecule is COc1cccc(-c2cc(F)c(F)cc2Oc2ccc3nnc(C(F)(F)F)n3n2)c1. The van der Waals surface area contributed by atoms with Gasteiger partial charge in [-0.05, 0) is 29.8 Å². The number of methoxy groups -OCH3 is 1. The number of hydrogen-bond donors (Lipinski definition) is 0. The number of ether oxygens (including phenoxy) is 2. The molecule has 154 valence electrons. The fourth-order valence-electron chi connectivity index (χ4n) is 2.75. The molecule has 0 radical (unpaired) electrons. The predicted molar refractivity (Wildman–Crippen MR) is 94.2 cm³/mol. The Kier molecular flexibility index (Phi) is 4.72. The van der Waals surface area contributed by atoms with Gasteiger partial charge in [-0.25, -0.2) is 8.78 Å². The average molecular weight is 422 g/mol. The summed E-state index contributed by atoms with van der Waals surface area (Å²) in [7, 11) is 1.44. The summed E-state index contributed by atoms with van der Waals surface area (Å²) >= 11 is 0. The summed E-state index contributed by atoms with van der Waals surface area (Å²) in [6.07, 6.45) is -4.79. The second-order valence-electron chi connectivity index (χ2n) is 6.06. The number of rotatable bonds is 4. The van der Waals surface area contributed by atoms with E-state index in [-0.39, 0.29) is 22.8 Å². The van der Waals surface area contributed by atoms with Crippen LogP contribution in [0.2, 0.25) is 0 Å². The minimum Gasteiger partial charge on any atom is -0.497 e. The Labute approximate surface area is 165 Å². The molecule has 2 aromatic heterocycles. The van der Waals surface area contributed by atoms with Crippen LogP contribution < -0.4 is 9.47 Å². The van der Waals surface area contributed by atoms with Gasteiger partial charge in [-0.15, -0.1) is 15.3 Å². The van der Waals surface area contributed by atoms with E-state index in [0.29, 0.717) is 15.8 Å². The molecule has 0 amide bonds. The van der Waals surface area contributed by atoms with Gasteiger partial charge in [0.2, 0.25) is 5.88 Å². The monoisotopic (exact) mass is 422 g/mol. The largest absolute Gasteiger partial charge is 0.497 e. The molecule has 0 unspecified atom stereocenters. The van der Waals surface area contributed by atoms with Crippen molar-refractivity contribution >= 4 is 5.65 Å². The van der Waals surface area contributed by atoms with Gasteiger partial charge in [0.05, 0.1) is 7.11 Å². The fraction of sp³-hybridized carbons (Fsp3) is 0.105. The minimum atomic E-state index is -4.79. The molecule has 6 nitrogen and oxygen atoms in total. The molecule has 0 saturated heterocycles. The summed E-state index contributed by atoms with van der Waals surface area (Å²) in [4.78, 5) is 0. The van der Waals surface area contributed by atoms with Crippen LogP contribution in [0.25, 0.3) is 16.8 Å². The molecule has 0 aliphatic carbocycles. The lowest BCUT2D eigenvalue weighted by molar-refractivity contribution is -0.146. The van der Waals surface area contributed by atoms with E-state index < -0.39 is 23.6 Å². The van der Waals surface area contributed by atoms with E-state index in [1.807, 2.05) is 0 Å². The molecule has 4 aromatic rings. The Bertz CT molecular complexity index is 1240. The standard InChI is InChI=1S/C19H11F5N4O2/c1-29-11-4-2-3-10(7-11)12-8-13(20)14(21)9-15(12)30-17-6-5-16-25-26-18(19(22,23)24)28(16)27-17/h2-9H,1H3. The Morgan fingerprint density at radius 3 is 2.43 bits per heavy atom. The van der Waals surface area contributed by atoms with E-state index in [1.54, 1.807) is 24.3 Å². The third kappa shape index (κ3) is 3.61. The zero-order chi connectivity index (χ0) is 21.5. The Hall–Kier alpha value is -3.76. The maximum absolute atomic E-state index is 13.9. The molecule has 11 heteroatoms. The van der Waals surface area contributed by atoms with Crippen LogP contribution in [0, 0.1) is 11.6 Å². The molecule has 0 spiro atoms. The van der Waals surface area contributed by atoms with Gasteiger partial charge >= 0.3 is 6.18 Å². The first-order chi connectivity index (χ1) is 14.3. The van der Waals surface area contributed by atoms with Crippen molar-refractivity contribution in [1.29, 1.82) is 0 Å². The molecule has 0 atom stereocenters. The van der Waals surface area contributed by atoms with Gasteiger partial charge in [0.15, 0.2) is 17.3 Å². The van der Waals surface area contributed by atoms with Crippen molar-refractivity contribution in [3.05, 3.63) is 66.0 Å². The molecular weight excluding hydrogens is 411 g/mol.